The molecule has 108 valence electrons. The van der Waals surface area contributed by atoms with Crippen LogP contribution in [0.1, 0.15) is 11.1 Å². The lowest BCUT2D eigenvalue weighted by Crippen LogP contribution is -2.18. The van der Waals surface area contributed by atoms with Gasteiger partial charge in [-0.25, -0.2) is 4.39 Å². The first-order chi connectivity index (χ1) is 9.79. The number of hydrogen-bond donors (Lipinski definition) is 1. The normalized spacial score (nSPS) is 10.7. The van der Waals surface area contributed by atoms with Gasteiger partial charge in [0, 0.05) is 20.2 Å². The van der Waals surface area contributed by atoms with Gasteiger partial charge in [-0.3, -0.25) is 0 Å². The van der Waals surface area contributed by atoms with Crippen LogP contribution >= 0.6 is 11.3 Å². The molecule has 2 aromatic rings. The number of rotatable bonds is 8. The Balaban J connectivity index is 1.85. The minimum Gasteiger partial charge on any atom is -0.486 e. The number of hydrogen-bond acceptors (Lipinski definition) is 4. The van der Waals surface area contributed by atoms with E-state index in [-0.39, 0.29) is 11.6 Å². The third kappa shape index (κ3) is 4.59. The molecule has 1 heterocycles. The second-order valence-electron chi connectivity index (χ2n) is 4.35. The van der Waals surface area contributed by atoms with Crippen LogP contribution in [0, 0.1) is 5.82 Å². The van der Waals surface area contributed by atoms with Gasteiger partial charge in [0.15, 0.2) is 11.6 Å². The maximum atomic E-state index is 13.9. The molecule has 0 spiro atoms. The Morgan fingerprint density at radius 2 is 2.15 bits per heavy atom. The largest absolute Gasteiger partial charge is 0.486 e. The van der Waals surface area contributed by atoms with E-state index in [0.29, 0.717) is 19.8 Å². The summed E-state index contributed by atoms with van der Waals surface area (Å²) in [5, 5.41) is 7.14. The van der Waals surface area contributed by atoms with Gasteiger partial charge in [-0.05, 0) is 40.1 Å². The van der Waals surface area contributed by atoms with E-state index in [4.69, 9.17) is 9.47 Å². The van der Waals surface area contributed by atoms with Crippen molar-refractivity contribution in [2.75, 3.05) is 20.3 Å². The van der Waals surface area contributed by atoms with Crippen LogP contribution in [0.4, 0.5) is 4.39 Å². The van der Waals surface area contributed by atoms with Crippen molar-refractivity contribution in [1.29, 1.82) is 0 Å². The van der Waals surface area contributed by atoms with E-state index < -0.39 is 0 Å². The van der Waals surface area contributed by atoms with Crippen LogP contribution in [0.2, 0.25) is 0 Å². The van der Waals surface area contributed by atoms with E-state index in [1.54, 1.807) is 24.5 Å². The molecule has 0 unspecified atom stereocenters. The summed E-state index contributed by atoms with van der Waals surface area (Å²) in [4.78, 5) is 0. The molecule has 20 heavy (non-hydrogen) atoms. The van der Waals surface area contributed by atoms with Crippen LogP contribution in [-0.2, 0) is 17.9 Å². The van der Waals surface area contributed by atoms with Crippen LogP contribution < -0.4 is 10.1 Å². The highest BCUT2D eigenvalue weighted by atomic mass is 32.1. The monoisotopic (exact) mass is 295 g/mol. The second kappa shape index (κ2) is 7.99. The minimum absolute atomic E-state index is 0.289. The zero-order chi connectivity index (χ0) is 14.2. The average Bonchev–Trinajstić information content (AvgIpc) is 2.96. The fourth-order valence-electron chi connectivity index (χ4n) is 1.71. The zero-order valence-corrected chi connectivity index (χ0v) is 12.2. The van der Waals surface area contributed by atoms with Gasteiger partial charge in [0.25, 0.3) is 0 Å². The van der Waals surface area contributed by atoms with Crippen LogP contribution in [-0.4, -0.2) is 20.3 Å². The first kappa shape index (κ1) is 15.0. The van der Waals surface area contributed by atoms with Crippen molar-refractivity contribution in [3.63, 3.8) is 0 Å². The SMILES string of the molecule is COCCNCc1ccc(OCc2ccsc2)c(F)c1. The molecule has 0 fully saturated rings. The number of halogens is 1. The molecule has 1 aromatic heterocycles. The first-order valence-corrected chi connectivity index (χ1v) is 7.36. The molecular formula is C15H18FNO2S. The molecular weight excluding hydrogens is 277 g/mol. The van der Waals surface area contributed by atoms with Crippen molar-refractivity contribution in [3.05, 3.63) is 52.0 Å². The topological polar surface area (TPSA) is 30.5 Å². The van der Waals surface area contributed by atoms with E-state index in [0.717, 1.165) is 17.7 Å². The summed E-state index contributed by atoms with van der Waals surface area (Å²) < 4.78 is 24.3. The summed E-state index contributed by atoms with van der Waals surface area (Å²) >= 11 is 1.60. The van der Waals surface area contributed by atoms with Crippen LogP contribution in [0.5, 0.6) is 5.75 Å². The Labute approximate surface area is 122 Å². The maximum absolute atomic E-state index is 13.9. The highest BCUT2D eigenvalue weighted by Crippen LogP contribution is 2.20. The van der Waals surface area contributed by atoms with E-state index in [2.05, 4.69) is 5.32 Å². The molecule has 0 saturated heterocycles. The Morgan fingerprint density at radius 1 is 1.25 bits per heavy atom. The Kier molecular flexibility index (Phi) is 5.98. The lowest BCUT2D eigenvalue weighted by atomic mass is 10.2. The minimum atomic E-state index is -0.328. The molecule has 0 aliphatic heterocycles. The van der Waals surface area contributed by atoms with E-state index >= 15 is 0 Å². The number of nitrogens with one attached hydrogen (secondary N) is 1. The summed E-state index contributed by atoms with van der Waals surface area (Å²) in [5.41, 5.74) is 1.95. The van der Waals surface area contributed by atoms with Crippen molar-refractivity contribution < 1.29 is 13.9 Å². The molecule has 0 atom stereocenters. The quantitative estimate of drug-likeness (QED) is 0.759. The Hall–Kier alpha value is -1.43. The van der Waals surface area contributed by atoms with Gasteiger partial charge in [-0.15, -0.1) is 0 Å². The summed E-state index contributed by atoms with van der Waals surface area (Å²) in [6.45, 7) is 2.40. The number of benzene rings is 1. The molecule has 5 heteroatoms. The standard InChI is InChI=1S/C15H18FNO2S/c1-18-6-5-17-9-12-2-3-15(14(16)8-12)19-10-13-4-7-20-11-13/h2-4,7-8,11,17H,5-6,9-10H2,1H3. The van der Waals surface area contributed by atoms with Gasteiger partial charge in [0.2, 0.25) is 0 Å². The average molecular weight is 295 g/mol. The lowest BCUT2D eigenvalue weighted by molar-refractivity contribution is 0.199. The van der Waals surface area contributed by atoms with Crippen molar-refractivity contribution in [2.24, 2.45) is 0 Å². The van der Waals surface area contributed by atoms with Crippen molar-refractivity contribution in [2.45, 2.75) is 13.2 Å². The lowest BCUT2D eigenvalue weighted by Gasteiger charge is -2.09. The predicted octanol–water partition coefficient (Wildman–Crippen LogP) is 3.20. The fourth-order valence-corrected chi connectivity index (χ4v) is 2.37. The number of thiophene rings is 1. The molecule has 3 nitrogen and oxygen atoms in total. The zero-order valence-electron chi connectivity index (χ0n) is 11.4. The van der Waals surface area contributed by atoms with Gasteiger partial charge in [0.05, 0.1) is 6.61 Å². The van der Waals surface area contributed by atoms with Crippen LogP contribution in [0.3, 0.4) is 0 Å². The van der Waals surface area contributed by atoms with Gasteiger partial charge in [-0.1, -0.05) is 6.07 Å². The van der Waals surface area contributed by atoms with Gasteiger partial charge >= 0.3 is 0 Å². The second-order valence-corrected chi connectivity index (χ2v) is 5.13. The highest BCUT2D eigenvalue weighted by Gasteiger charge is 2.05. The summed E-state index contributed by atoms with van der Waals surface area (Å²) in [7, 11) is 1.65. The molecule has 0 aliphatic carbocycles. The van der Waals surface area contributed by atoms with Crippen LogP contribution in [0.15, 0.2) is 35.0 Å². The molecule has 0 radical (unpaired) electrons. The number of ether oxygens (including phenoxy) is 2. The first-order valence-electron chi connectivity index (χ1n) is 6.41. The fraction of sp³-hybridized carbons (Fsp3) is 0.333. The molecule has 1 aromatic carbocycles. The van der Waals surface area contributed by atoms with Crippen molar-refractivity contribution in [1.82, 2.24) is 5.32 Å². The summed E-state index contributed by atoms with van der Waals surface area (Å²) in [6.07, 6.45) is 0. The molecule has 2 rings (SSSR count). The molecule has 0 aliphatic rings. The highest BCUT2D eigenvalue weighted by molar-refractivity contribution is 7.07. The van der Waals surface area contributed by atoms with Gasteiger partial charge in [-0.2, -0.15) is 11.3 Å². The Bertz CT molecular complexity index is 517. The maximum Gasteiger partial charge on any atom is 0.165 e. The third-order valence-electron chi connectivity index (χ3n) is 2.78. The smallest absolute Gasteiger partial charge is 0.165 e. The molecule has 1 N–H and O–H groups in total. The molecule has 0 amide bonds. The van der Waals surface area contributed by atoms with Gasteiger partial charge < -0.3 is 14.8 Å². The van der Waals surface area contributed by atoms with Crippen molar-refractivity contribution >= 4 is 11.3 Å². The Morgan fingerprint density at radius 3 is 2.85 bits per heavy atom. The summed E-state index contributed by atoms with van der Waals surface area (Å²) in [5.74, 6) is -0.0388. The molecule has 0 saturated carbocycles. The number of methoxy groups -OCH3 is 1. The third-order valence-corrected chi connectivity index (χ3v) is 3.51. The van der Waals surface area contributed by atoms with E-state index in [9.17, 15) is 4.39 Å². The van der Waals surface area contributed by atoms with E-state index in [1.807, 2.05) is 22.9 Å². The van der Waals surface area contributed by atoms with Crippen LogP contribution in [0.25, 0.3) is 0 Å². The van der Waals surface area contributed by atoms with Crippen molar-refractivity contribution in [3.8, 4) is 5.75 Å². The predicted molar refractivity (Wildman–Crippen MR) is 78.6 cm³/mol. The van der Waals surface area contributed by atoms with E-state index in [1.165, 1.54) is 6.07 Å². The van der Waals surface area contributed by atoms with Gasteiger partial charge in [0.1, 0.15) is 6.61 Å². The summed E-state index contributed by atoms with van der Waals surface area (Å²) in [6, 6.07) is 7.01. The molecule has 0 bridgehead atoms.